The zero-order chi connectivity index (χ0) is 17.9. The van der Waals surface area contributed by atoms with E-state index in [4.69, 9.17) is 4.84 Å². The molecule has 1 fully saturated rings. The quantitative estimate of drug-likeness (QED) is 0.854. The summed E-state index contributed by atoms with van der Waals surface area (Å²) in [5, 5.41) is 0.771. The Balaban J connectivity index is 1.70. The van der Waals surface area contributed by atoms with Gasteiger partial charge < -0.3 is 0 Å². The van der Waals surface area contributed by atoms with Crippen molar-refractivity contribution in [1.82, 2.24) is 9.79 Å². The molecule has 5 nitrogen and oxygen atoms in total. The second-order valence-electron chi connectivity index (χ2n) is 6.05. The Morgan fingerprint density at radius 2 is 1.84 bits per heavy atom. The van der Waals surface area contributed by atoms with Crippen LogP contribution in [0.15, 0.2) is 54.6 Å². The second kappa shape index (κ2) is 7.61. The summed E-state index contributed by atoms with van der Waals surface area (Å²) >= 11 is 0. The lowest BCUT2D eigenvalue weighted by Crippen LogP contribution is -2.40. The van der Waals surface area contributed by atoms with E-state index in [2.05, 4.69) is 4.72 Å². The number of halogens is 1. The maximum atomic E-state index is 13.2. The lowest BCUT2D eigenvalue weighted by molar-refractivity contribution is -0.110. The van der Waals surface area contributed by atoms with Crippen molar-refractivity contribution in [2.75, 3.05) is 20.2 Å². The number of nitrogens with one attached hydrogen (secondary N) is 1. The Kier molecular flexibility index (Phi) is 5.48. The summed E-state index contributed by atoms with van der Waals surface area (Å²) in [5.74, 6) is -0.356. The van der Waals surface area contributed by atoms with Gasteiger partial charge in [-0.3, -0.25) is 4.84 Å². The van der Waals surface area contributed by atoms with Crippen molar-refractivity contribution >= 4 is 10.0 Å². The number of rotatable bonds is 6. The molecule has 2 aromatic rings. The molecule has 0 amide bonds. The minimum Gasteiger partial charge on any atom is -0.297 e. The Morgan fingerprint density at radius 1 is 1.16 bits per heavy atom. The van der Waals surface area contributed by atoms with E-state index in [0.717, 1.165) is 5.56 Å². The van der Waals surface area contributed by atoms with Crippen LogP contribution in [0.5, 0.6) is 0 Å². The third-order valence-corrected chi connectivity index (χ3v) is 6.15. The lowest BCUT2D eigenvalue weighted by atomic mass is 10.0. The molecule has 1 aliphatic heterocycles. The first-order valence-corrected chi connectivity index (χ1v) is 9.65. The molecule has 0 aromatic heterocycles. The first-order valence-electron chi connectivity index (χ1n) is 8.11. The number of hydrogen-bond donors (Lipinski definition) is 1. The van der Waals surface area contributed by atoms with E-state index in [0.29, 0.717) is 18.5 Å². The molecule has 1 heterocycles. The van der Waals surface area contributed by atoms with Gasteiger partial charge >= 0.3 is 0 Å². The highest BCUT2D eigenvalue weighted by Crippen LogP contribution is 2.33. The van der Waals surface area contributed by atoms with Crippen LogP contribution in [0.2, 0.25) is 0 Å². The summed E-state index contributed by atoms with van der Waals surface area (Å²) in [6.07, 6.45) is 0.616. The van der Waals surface area contributed by atoms with E-state index >= 15 is 0 Å². The SMILES string of the molecule is CN1OCC(S(=O)(=O)NCCc2ccccc2)C1c1ccc(F)cc1. The number of hydroxylamine groups is 2. The fourth-order valence-corrected chi connectivity index (χ4v) is 4.54. The van der Waals surface area contributed by atoms with Gasteiger partial charge in [-0.15, -0.1) is 0 Å². The second-order valence-corrected chi connectivity index (χ2v) is 8.04. The van der Waals surface area contributed by atoms with Gasteiger partial charge in [0, 0.05) is 13.6 Å². The highest BCUT2D eigenvalue weighted by Gasteiger charge is 2.42. The monoisotopic (exact) mass is 364 g/mol. The van der Waals surface area contributed by atoms with Gasteiger partial charge in [0.25, 0.3) is 0 Å². The average molecular weight is 364 g/mol. The van der Waals surface area contributed by atoms with Crippen LogP contribution in [0.4, 0.5) is 4.39 Å². The predicted molar refractivity (Wildman–Crippen MR) is 93.7 cm³/mol. The first-order chi connectivity index (χ1) is 12.0. The van der Waals surface area contributed by atoms with E-state index < -0.39 is 21.3 Å². The van der Waals surface area contributed by atoms with E-state index in [1.165, 1.54) is 17.2 Å². The molecule has 0 spiro atoms. The van der Waals surface area contributed by atoms with Gasteiger partial charge in [0.05, 0.1) is 12.6 Å². The topological polar surface area (TPSA) is 58.6 Å². The Hall–Kier alpha value is -1.80. The van der Waals surface area contributed by atoms with Gasteiger partial charge in [-0.2, -0.15) is 5.06 Å². The van der Waals surface area contributed by atoms with Gasteiger partial charge in [0.1, 0.15) is 11.1 Å². The molecule has 1 aliphatic rings. The number of benzene rings is 2. The molecule has 3 rings (SSSR count). The number of sulfonamides is 1. The zero-order valence-corrected chi connectivity index (χ0v) is 14.7. The van der Waals surface area contributed by atoms with Crippen molar-refractivity contribution in [2.24, 2.45) is 0 Å². The third kappa shape index (κ3) is 4.24. The molecular formula is C18H21FN2O3S. The molecule has 1 N–H and O–H groups in total. The molecule has 0 aliphatic carbocycles. The molecule has 2 unspecified atom stereocenters. The molecule has 0 radical (unpaired) electrons. The van der Waals surface area contributed by atoms with Crippen LogP contribution in [0.3, 0.4) is 0 Å². The minimum atomic E-state index is -3.58. The summed E-state index contributed by atoms with van der Waals surface area (Å²) in [7, 11) is -1.89. The van der Waals surface area contributed by atoms with Gasteiger partial charge in [-0.05, 0) is 29.7 Å². The molecule has 0 bridgehead atoms. The van der Waals surface area contributed by atoms with Gasteiger partial charge in [-0.1, -0.05) is 42.5 Å². The molecule has 0 saturated carbocycles. The van der Waals surface area contributed by atoms with Crippen molar-refractivity contribution in [2.45, 2.75) is 17.7 Å². The average Bonchev–Trinajstić information content (AvgIpc) is 2.99. The fourth-order valence-electron chi connectivity index (χ4n) is 3.03. The lowest BCUT2D eigenvalue weighted by Gasteiger charge is -2.23. The molecule has 134 valence electrons. The smallest absolute Gasteiger partial charge is 0.218 e. The molecule has 2 aromatic carbocycles. The van der Waals surface area contributed by atoms with Crippen LogP contribution in [0, 0.1) is 5.82 Å². The summed E-state index contributed by atoms with van der Waals surface area (Å²) < 4.78 is 41.3. The van der Waals surface area contributed by atoms with Crippen LogP contribution < -0.4 is 4.72 Å². The van der Waals surface area contributed by atoms with E-state index in [-0.39, 0.29) is 12.4 Å². The Bertz CT molecular complexity index is 797. The summed E-state index contributed by atoms with van der Waals surface area (Å²) in [6, 6.07) is 15.1. The molecule has 7 heteroatoms. The zero-order valence-electron chi connectivity index (χ0n) is 13.9. The molecule has 25 heavy (non-hydrogen) atoms. The van der Waals surface area contributed by atoms with E-state index in [1.807, 2.05) is 30.3 Å². The summed E-state index contributed by atoms with van der Waals surface area (Å²) in [4.78, 5) is 5.43. The third-order valence-electron chi connectivity index (χ3n) is 4.36. The number of hydrogen-bond acceptors (Lipinski definition) is 4. The highest BCUT2D eigenvalue weighted by molar-refractivity contribution is 7.90. The van der Waals surface area contributed by atoms with Crippen molar-refractivity contribution in [3.8, 4) is 0 Å². The molecule has 1 saturated heterocycles. The van der Waals surface area contributed by atoms with Crippen LogP contribution in [-0.2, 0) is 21.3 Å². The van der Waals surface area contributed by atoms with Crippen LogP contribution in [0.1, 0.15) is 17.2 Å². The largest absolute Gasteiger partial charge is 0.297 e. The van der Waals surface area contributed by atoms with E-state index in [9.17, 15) is 12.8 Å². The van der Waals surface area contributed by atoms with Gasteiger partial charge in [-0.25, -0.2) is 17.5 Å². The van der Waals surface area contributed by atoms with E-state index in [1.54, 1.807) is 19.2 Å². The summed E-state index contributed by atoms with van der Waals surface area (Å²) in [5.41, 5.74) is 1.78. The minimum absolute atomic E-state index is 0.0687. The van der Waals surface area contributed by atoms with Crippen LogP contribution in [0.25, 0.3) is 0 Å². The Labute approximate surface area is 147 Å². The van der Waals surface area contributed by atoms with Crippen molar-refractivity contribution in [3.05, 3.63) is 71.5 Å². The first kappa shape index (κ1) is 18.0. The molecular weight excluding hydrogens is 343 g/mol. The standard InChI is InChI=1S/C18H21FN2O3S/c1-21-18(15-7-9-16(19)10-8-15)17(13-24-21)25(22,23)20-12-11-14-5-3-2-4-6-14/h2-10,17-18,20H,11-13H2,1H3. The number of nitrogens with zero attached hydrogens (tertiary/aromatic N) is 1. The van der Waals surface area contributed by atoms with Gasteiger partial charge in [0.2, 0.25) is 10.0 Å². The normalized spacial score (nSPS) is 21.5. The Morgan fingerprint density at radius 3 is 2.52 bits per heavy atom. The van der Waals surface area contributed by atoms with Crippen molar-refractivity contribution < 1.29 is 17.6 Å². The highest BCUT2D eigenvalue weighted by atomic mass is 32.2. The van der Waals surface area contributed by atoms with Crippen LogP contribution in [-0.4, -0.2) is 38.9 Å². The van der Waals surface area contributed by atoms with Crippen molar-refractivity contribution in [1.29, 1.82) is 0 Å². The summed E-state index contributed by atoms with van der Waals surface area (Å²) in [6.45, 7) is 0.391. The van der Waals surface area contributed by atoms with Crippen LogP contribution >= 0.6 is 0 Å². The predicted octanol–water partition coefficient (Wildman–Crippen LogP) is 2.27. The fraction of sp³-hybridized carbons (Fsp3) is 0.333. The van der Waals surface area contributed by atoms with Gasteiger partial charge in [0.15, 0.2) is 0 Å². The maximum Gasteiger partial charge on any atom is 0.218 e. The van der Waals surface area contributed by atoms with Crippen molar-refractivity contribution in [3.63, 3.8) is 0 Å². The maximum absolute atomic E-state index is 13.2. The molecule has 2 atom stereocenters.